The second-order valence-corrected chi connectivity index (χ2v) is 5.34. The fourth-order valence-electron chi connectivity index (χ4n) is 2.52. The van der Waals surface area contributed by atoms with E-state index >= 15 is 0 Å². The Morgan fingerprint density at radius 3 is 2.70 bits per heavy atom. The molecule has 1 aliphatic rings. The molecule has 0 radical (unpaired) electrons. The van der Waals surface area contributed by atoms with E-state index in [9.17, 15) is 0 Å². The van der Waals surface area contributed by atoms with E-state index in [1.54, 1.807) is 0 Å². The number of nitrogens with zero attached hydrogens (tertiary/aromatic N) is 2. The summed E-state index contributed by atoms with van der Waals surface area (Å²) in [7, 11) is 0. The van der Waals surface area contributed by atoms with E-state index in [1.165, 1.54) is 24.1 Å². The minimum absolute atomic E-state index is 0.743. The van der Waals surface area contributed by atoms with Gasteiger partial charge in [-0.1, -0.05) is 12.1 Å². The maximum absolute atomic E-state index is 5.38. The Bertz CT molecular complexity index is 501. The number of benzene rings is 1. The van der Waals surface area contributed by atoms with Gasteiger partial charge in [-0.2, -0.15) is 5.10 Å². The zero-order valence-corrected chi connectivity index (χ0v) is 11.7. The molecule has 4 heteroatoms. The average molecular weight is 271 g/mol. The van der Waals surface area contributed by atoms with Crippen LogP contribution in [0.25, 0.3) is 0 Å². The first-order valence-corrected chi connectivity index (χ1v) is 7.28. The minimum atomic E-state index is 0.743. The van der Waals surface area contributed by atoms with Gasteiger partial charge in [-0.3, -0.25) is 4.68 Å². The molecule has 0 atom stereocenters. The molecule has 1 aliphatic heterocycles. The lowest BCUT2D eigenvalue weighted by Crippen LogP contribution is -2.22. The molecule has 0 amide bonds. The lowest BCUT2D eigenvalue weighted by molar-refractivity contribution is 0.0699. The molecule has 106 valence electrons. The van der Waals surface area contributed by atoms with E-state index in [-0.39, 0.29) is 0 Å². The summed E-state index contributed by atoms with van der Waals surface area (Å²) in [6.07, 6.45) is 6.13. The summed E-state index contributed by atoms with van der Waals surface area (Å²) in [6.45, 7) is 3.69. The van der Waals surface area contributed by atoms with Gasteiger partial charge in [0.15, 0.2) is 0 Å². The van der Waals surface area contributed by atoms with E-state index in [4.69, 9.17) is 4.74 Å². The van der Waals surface area contributed by atoms with Gasteiger partial charge in [-0.15, -0.1) is 0 Å². The van der Waals surface area contributed by atoms with Crippen LogP contribution in [0.5, 0.6) is 0 Å². The molecule has 0 spiro atoms. The molecular weight excluding hydrogens is 250 g/mol. The molecule has 4 nitrogen and oxygen atoms in total. The van der Waals surface area contributed by atoms with Crippen molar-refractivity contribution in [1.82, 2.24) is 9.78 Å². The van der Waals surface area contributed by atoms with Crippen molar-refractivity contribution < 1.29 is 4.74 Å². The van der Waals surface area contributed by atoms with Gasteiger partial charge >= 0.3 is 0 Å². The third-order valence-corrected chi connectivity index (χ3v) is 3.79. The topological polar surface area (TPSA) is 39.1 Å². The van der Waals surface area contributed by atoms with Crippen molar-refractivity contribution in [3.05, 3.63) is 48.3 Å². The highest BCUT2D eigenvalue weighted by atomic mass is 16.5. The molecular formula is C16H21N3O. The standard InChI is InChI=1S/C16H21N3O/c1-8-18-19(9-1)13-15-2-4-16(5-3-15)17-12-14-6-10-20-11-7-14/h1-5,8-9,14,17H,6-7,10-13H2. The molecule has 1 aromatic heterocycles. The van der Waals surface area contributed by atoms with Gasteiger partial charge in [0.05, 0.1) is 6.54 Å². The summed E-state index contributed by atoms with van der Waals surface area (Å²) in [4.78, 5) is 0. The van der Waals surface area contributed by atoms with Crippen LogP contribution in [0.1, 0.15) is 18.4 Å². The Kier molecular flexibility index (Phi) is 4.33. The number of rotatable bonds is 5. The summed E-state index contributed by atoms with van der Waals surface area (Å²) in [5, 5.41) is 7.74. The van der Waals surface area contributed by atoms with E-state index in [1.807, 2.05) is 23.1 Å². The van der Waals surface area contributed by atoms with Crippen LogP contribution in [0.3, 0.4) is 0 Å². The van der Waals surface area contributed by atoms with Crippen molar-refractivity contribution in [1.29, 1.82) is 0 Å². The van der Waals surface area contributed by atoms with Crippen molar-refractivity contribution >= 4 is 5.69 Å². The predicted octanol–water partition coefficient (Wildman–Crippen LogP) is 2.77. The number of hydrogen-bond donors (Lipinski definition) is 1. The second-order valence-electron chi connectivity index (χ2n) is 5.34. The highest BCUT2D eigenvalue weighted by molar-refractivity contribution is 5.44. The maximum atomic E-state index is 5.38. The molecule has 1 aromatic carbocycles. The smallest absolute Gasteiger partial charge is 0.0659 e. The van der Waals surface area contributed by atoms with Gasteiger partial charge < -0.3 is 10.1 Å². The lowest BCUT2D eigenvalue weighted by atomic mass is 10.0. The number of aromatic nitrogens is 2. The van der Waals surface area contributed by atoms with Gasteiger partial charge in [0.2, 0.25) is 0 Å². The second kappa shape index (κ2) is 6.57. The molecule has 3 rings (SSSR count). The van der Waals surface area contributed by atoms with Gasteiger partial charge in [-0.05, 0) is 42.5 Å². The van der Waals surface area contributed by atoms with Crippen molar-refractivity contribution in [3.63, 3.8) is 0 Å². The van der Waals surface area contributed by atoms with Crippen LogP contribution >= 0.6 is 0 Å². The normalized spacial score (nSPS) is 16.2. The first-order chi connectivity index (χ1) is 9.90. The molecule has 2 heterocycles. The van der Waals surface area contributed by atoms with Gasteiger partial charge in [0.25, 0.3) is 0 Å². The van der Waals surface area contributed by atoms with Crippen molar-refractivity contribution in [2.24, 2.45) is 5.92 Å². The highest BCUT2D eigenvalue weighted by Crippen LogP contribution is 2.16. The minimum Gasteiger partial charge on any atom is -0.385 e. The molecule has 1 fully saturated rings. The third kappa shape index (κ3) is 3.61. The fourth-order valence-corrected chi connectivity index (χ4v) is 2.52. The van der Waals surface area contributed by atoms with Crippen molar-refractivity contribution in [2.45, 2.75) is 19.4 Å². The van der Waals surface area contributed by atoms with E-state index in [0.29, 0.717) is 0 Å². The molecule has 0 saturated carbocycles. The molecule has 2 aromatic rings. The third-order valence-electron chi connectivity index (χ3n) is 3.79. The maximum Gasteiger partial charge on any atom is 0.0659 e. The van der Waals surface area contributed by atoms with Crippen LogP contribution in [-0.4, -0.2) is 29.5 Å². The Morgan fingerprint density at radius 1 is 1.20 bits per heavy atom. The molecule has 20 heavy (non-hydrogen) atoms. The number of anilines is 1. The van der Waals surface area contributed by atoms with Crippen LogP contribution in [0.2, 0.25) is 0 Å². The van der Waals surface area contributed by atoms with E-state index in [0.717, 1.165) is 32.2 Å². The summed E-state index contributed by atoms with van der Waals surface area (Å²) >= 11 is 0. The van der Waals surface area contributed by atoms with Crippen LogP contribution in [0.15, 0.2) is 42.7 Å². The Morgan fingerprint density at radius 2 is 2.00 bits per heavy atom. The van der Waals surface area contributed by atoms with Crippen LogP contribution in [0.4, 0.5) is 5.69 Å². The monoisotopic (exact) mass is 271 g/mol. The Balaban J connectivity index is 1.50. The van der Waals surface area contributed by atoms with Gasteiger partial charge in [0, 0.05) is 37.8 Å². The summed E-state index contributed by atoms with van der Waals surface area (Å²) in [5.74, 6) is 0.743. The quantitative estimate of drug-likeness (QED) is 0.909. The number of nitrogens with one attached hydrogen (secondary N) is 1. The summed E-state index contributed by atoms with van der Waals surface area (Å²) in [6, 6.07) is 10.6. The van der Waals surface area contributed by atoms with Crippen molar-refractivity contribution in [3.8, 4) is 0 Å². The van der Waals surface area contributed by atoms with Gasteiger partial charge in [-0.25, -0.2) is 0 Å². The molecule has 1 saturated heterocycles. The molecule has 1 N–H and O–H groups in total. The fraction of sp³-hybridized carbons (Fsp3) is 0.438. The lowest BCUT2D eigenvalue weighted by Gasteiger charge is -2.22. The Hall–Kier alpha value is -1.81. The SMILES string of the molecule is c1cnn(Cc2ccc(NCC3CCOCC3)cc2)c1. The summed E-state index contributed by atoms with van der Waals surface area (Å²) in [5.41, 5.74) is 2.46. The molecule has 0 unspecified atom stereocenters. The predicted molar refractivity (Wildman–Crippen MR) is 79.8 cm³/mol. The van der Waals surface area contributed by atoms with E-state index < -0.39 is 0 Å². The summed E-state index contributed by atoms with van der Waals surface area (Å²) < 4.78 is 7.32. The van der Waals surface area contributed by atoms with Crippen LogP contribution < -0.4 is 5.32 Å². The number of ether oxygens (including phenoxy) is 1. The number of hydrogen-bond acceptors (Lipinski definition) is 3. The zero-order valence-electron chi connectivity index (χ0n) is 11.7. The highest BCUT2D eigenvalue weighted by Gasteiger charge is 2.12. The first-order valence-electron chi connectivity index (χ1n) is 7.28. The molecule has 0 aliphatic carbocycles. The van der Waals surface area contributed by atoms with Crippen LogP contribution in [-0.2, 0) is 11.3 Å². The van der Waals surface area contributed by atoms with Gasteiger partial charge in [0.1, 0.15) is 0 Å². The largest absolute Gasteiger partial charge is 0.385 e. The van der Waals surface area contributed by atoms with Crippen LogP contribution in [0, 0.1) is 5.92 Å². The Labute approximate surface area is 119 Å². The van der Waals surface area contributed by atoms with Crippen molar-refractivity contribution in [2.75, 3.05) is 25.1 Å². The van der Waals surface area contributed by atoms with E-state index in [2.05, 4.69) is 34.7 Å². The molecule has 0 bridgehead atoms. The first kappa shape index (κ1) is 13.2. The zero-order chi connectivity index (χ0) is 13.6. The average Bonchev–Trinajstić information content (AvgIpc) is 3.01.